The first kappa shape index (κ1) is 36.3. The van der Waals surface area contributed by atoms with Crippen LogP contribution < -0.4 is 10.1 Å². The molecule has 3 aliphatic rings. The normalized spacial score (nSPS) is 22.8. The van der Waals surface area contributed by atoms with Crippen LogP contribution in [0.4, 0.5) is 10.1 Å². The Hall–Kier alpha value is -4.03. The summed E-state index contributed by atoms with van der Waals surface area (Å²) < 4.78 is 29.1. The molecule has 2 amide bonds. The zero-order chi connectivity index (χ0) is 36.2. The van der Waals surface area contributed by atoms with Crippen molar-refractivity contribution in [2.24, 2.45) is 5.92 Å². The van der Waals surface area contributed by atoms with E-state index >= 15 is 4.39 Å². The molecular weight excluding hydrogens is 705 g/mol. The van der Waals surface area contributed by atoms with Crippen LogP contribution >= 0.6 is 22.9 Å². The van der Waals surface area contributed by atoms with Gasteiger partial charge in [-0.2, -0.15) is 0 Å². The highest BCUT2D eigenvalue weighted by Gasteiger charge is 2.40. The summed E-state index contributed by atoms with van der Waals surface area (Å²) >= 11 is 8.03. The van der Waals surface area contributed by atoms with Crippen molar-refractivity contribution in [2.75, 3.05) is 31.6 Å². The third kappa shape index (κ3) is 8.44. The Kier molecular flexibility index (Phi) is 11.4. The van der Waals surface area contributed by atoms with Gasteiger partial charge in [0.05, 0.1) is 47.4 Å². The first-order valence-electron chi connectivity index (χ1n) is 18.1. The number of carboxylic acid groups (broad SMARTS) is 1. The second kappa shape index (κ2) is 16.3. The van der Waals surface area contributed by atoms with Gasteiger partial charge in [0.15, 0.2) is 0 Å². The summed E-state index contributed by atoms with van der Waals surface area (Å²) in [4.78, 5) is 42.8. The van der Waals surface area contributed by atoms with Crippen LogP contribution in [-0.4, -0.2) is 83.2 Å². The van der Waals surface area contributed by atoms with Gasteiger partial charge in [0.1, 0.15) is 17.7 Å². The van der Waals surface area contributed by atoms with Crippen molar-refractivity contribution in [3.05, 3.63) is 94.1 Å². The molecule has 12 heteroatoms. The number of aliphatic carboxylic acids is 1. The second-order valence-electron chi connectivity index (χ2n) is 14.1. The number of benzene rings is 3. The summed E-state index contributed by atoms with van der Waals surface area (Å²) in [6.07, 6.45) is 4.88. The number of hydrogen-bond acceptors (Lipinski definition) is 7. The third-order valence-electron chi connectivity index (χ3n) is 10.8. The van der Waals surface area contributed by atoms with E-state index in [4.69, 9.17) is 21.1 Å². The number of carboxylic acids is 1. The second-order valence-corrected chi connectivity index (χ2v) is 15.4. The van der Waals surface area contributed by atoms with Gasteiger partial charge >= 0.3 is 5.97 Å². The quantitative estimate of drug-likeness (QED) is 0.162. The topological polar surface area (TPSA) is 108 Å². The van der Waals surface area contributed by atoms with Gasteiger partial charge in [-0.15, -0.1) is 11.3 Å². The average Bonchev–Trinajstić information content (AvgIpc) is 3.79. The molecule has 0 spiro atoms. The maximum Gasteiger partial charge on any atom is 0.306 e. The minimum atomic E-state index is -0.759. The highest BCUT2D eigenvalue weighted by atomic mass is 35.5. The number of piperidine rings is 1. The van der Waals surface area contributed by atoms with E-state index in [1.165, 1.54) is 23.5 Å². The van der Waals surface area contributed by atoms with Crippen LogP contribution in [0, 0.1) is 11.7 Å². The highest BCUT2D eigenvalue weighted by molar-refractivity contribution is 7.17. The minimum absolute atomic E-state index is 0.0523. The first-order chi connectivity index (χ1) is 25.2. The van der Waals surface area contributed by atoms with Crippen LogP contribution in [0.15, 0.2) is 72.1 Å². The van der Waals surface area contributed by atoms with Crippen molar-refractivity contribution in [2.45, 2.75) is 75.7 Å². The molecular formula is C40H43ClFN3O6S. The SMILES string of the molecule is O=C(Nc1cc(F)c(CC(=O)N2C[C@@H](N3CCC(Oc4ccccc4)CC3)C[C@H]2COC2CCC(C(=O)O)CC2)cc1Cl)c1csc2ccccc12. The van der Waals surface area contributed by atoms with Gasteiger partial charge < -0.3 is 24.8 Å². The Labute approximate surface area is 311 Å². The van der Waals surface area contributed by atoms with E-state index in [9.17, 15) is 19.5 Å². The molecule has 2 saturated heterocycles. The number of amides is 2. The van der Waals surface area contributed by atoms with Crippen LogP contribution in [-0.2, 0) is 20.7 Å². The molecule has 3 heterocycles. The lowest BCUT2D eigenvalue weighted by Crippen LogP contribution is -2.45. The van der Waals surface area contributed by atoms with Gasteiger partial charge in [-0.1, -0.05) is 48.0 Å². The molecule has 3 aromatic carbocycles. The van der Waals surface area contributed by atoms with E-state index in [1.54, 1.807) is 5.38 Å². The van der Waals surface area contributed by atoms with Crippen molar-refractivity contribution in [1.29, 1.82) is 0 Å². The number of ether oxygens (including phenoxy) is 2. The molecule has 1 aromatic heterocycles. The Morgan fingerprint density at radius 2 is 1.67 bits per heavy atom. The maximum atomic E-state index is 15.6. The molecule has 0 radical (unpaired) electrons. The van der Waals surface area contributed by atoms with Crippen LogP contribution in [0.5, 0.6) is 5.75 Å². The van der Waals surface area contributed by atoms with E-state index < -0.39 is 11.8 Å². The van der Waals surface area contributed by atoms with Crippen molar-refractivity contribution in [3.8, 4) is 5.75 Å². The number of rotatable bonds is 11. The minimum Gasteiger partial charge on any atom is -0.490 e. The largest absolute Gasteiger partial charge is 0.490 e. The number of fused-ring (bicyclic) bond motifs is 1. The number of likely N-dealkylation sites (tertiary alicyclic amines) is 2. The smallest absolute Gasteiger partial charge is 0.306 e. The highest BCUT2D eigenvalue weighted by Crippen LogP contribution is 2.33. The molecule has 9 nitrogen and oxygen atoms in total. The molecule has 2 N–H and O–H groups in total. The molecule has 7 rings (SSSR count). The van der Waals surface area contributed by atoms with Crippen LogP contribution in [0.2, 0.25) is 5.02 Å². The molecule has 52 heavy (non-hydrogen) atoms. The van der Waals surface area contributed by atoms with E-state index in [-0.39, 0.29) is 64.7 Å². The number of nitrogens with one attached hydrogen (secondary N) is 1. The number of hydrogen-bond donors (Lipinski definition) is 2. The van der Waals surface area contributed by atoms with E-state index in [0.29, 0.717) is 44.4 Å². The fourth-order valence-corrected chi connectivity index (χ4v) is 9.00. The molecule has 0 unspecified atom stereocenters. The predicted octanol–water partition coefficient (Wildman–Crippen LogP) is 7.66. The van der Waals surface area contributed by atoms with Crippen molar-refractivity contribution in [1.82, 2.24) is 9.80 Å². The number of carbonyl (C=O) groups is 3. The molecule has 4 aromatic rings. The van der Waals surface area contributed by atoms with Crippen molar-refractivity contribution in [3.63, 3.8) is 0 Å². The number of thiophene rings is 1. The van der Waals surface area contributed by atoms with E-state index in [2.05, 4.69) is 10.2 Å². The molecule has 3 fully saturated rings. The molecule has 1 saturated carbocycles. The van der Waals surface area contributed by atoms with Crippen LogP contribution in [0.1, 0.15) is 60.9 Å². The first-order valence-corrected chi connectivity index (χ1v) is 19.3. The molecule has 0 bridgehead atoms. The summed E-state index contributed by atoms with van der Waals surface area (Å²) in [6, 6.07) is 19.9. The van der Waals surface area contributed by atoms with Crippen LogP contribution in [0.3, 0.4) is 0 Å². The van der Waals surface area contributed by atoms with Gasteiger partial charge in [-0.3, -0.25) is 19.3 Å². The fourth-order valence-electron chi connectivity index (χ4n) is 7.82. The summed E-state index contributed by atoms with van der Waals surface area (Å²) in [5, 5.41) is 14.9. The average molecular weight is 748 g/mol. The summed E-state index contributed by atoms with van der Waals surface area (Å²) in [5.74, 6) is -1.45. The molecule has 2 aliphatic heterocycles. The Bertz CT molecular complexity index is 1890. The molecule has 2 atom stereocenters. The zero-order valence-electron chi connectivity index (χ0n) is 28.8. The van der Waals surface area contributed by atoms with E-state index in [0.717, 1.165) is 48.2 Å². The van der Waals surface area contributed by atoms with Crippen LogP contribution in [0.25, 0.3) is 10.1 Å². The Morgan fingerprint density at radius 1 is 0.942 bits per heavy atom. The number of carbonyl (C=O) groups excluding carboxylic acids is 2. The lowest BCUT2D eigenvalue weighted by atomic mass is 9.87. The maximum absolute atomic E-state index is 15.6. The van der Waals surface area contributed by atoms with Gasteiger partial charge in [0, 0.05) is 41.1 Å². The van der Waals surface area contributed by atoms with E-state index in [1.807, 2.05) is 59.5 Å². The Morgan fingerprint density at radius 3 is 2.42 bits per heavy atom. The van der Waals surface area contributed by atoms with Gasteiger partial charge in [-0.05, 0) is 80.8 Å². The Balaban J connectivity index is 1.01. The number of halogens is 2. The third-order valence-corrected chi connectivity index (χ3v) is 12.0. The number of para-hydroxylation sites is 1. The van der Waals surface area contributed by atoms with Crippen molar-refractivity contribution < 1.29 is 33.4 Å². The fraction of sp³-hybridized carbons (Fsp3) is 0.425. The zero-order valence-corrected chi connectivity index (χ0v) is 30.4. The van der Waals surface area contributed by atoms with Gasteiger partial charge in [0.25, 0.3) is 5.91 Å². The number of nitrogens with zero attached hydrogens (tertiary/aromatic N) is 2. The van der Waals surface area contributed by atoms with Crippen molar-refractivity contribution >= 4 is 56.5 Å². The summed E-state index contributed by atoms with van der Waals surface area (Å²) in [6.45, 7) is 2.52. The molecule has 1 aliphatic carbocycles. The molecule has 274 valence electrons. The summed E-state index contributed by atoms with van der Waals surface area (Å²) in [5.41, 5.74) is 0.777. The van der Waals surface area contributed by atoms with Gasteiger partial charge in [-0.25, -0.2) is 4.39 Å². The number of anilines is 1. The predicted molar refractivity (Wildman–Crippen MR) is 200 cm³/mol. The lowest BCUT2D eigenvalue weighted by Gasteiger charge is -2.36. The van der Waals surface area contributed by atoms with Gasteiger partial charge in [0.2, 0.25) is 5.91 Å². The standard InChI is InChI=1S/C40H43ClFN3O6S/c41-34-18-26(35(42)21-36(34)43-39(47)33-24-52-37-9-5-4-8-32(33)37)19-38(46)45-22-27(20-28(45)23-50-29-12-10-25(11-13-29)40(48)49)44-16-14-31(15-17-44)51-30-6-2-1-3-7-30/h1-9,18,21,24-25,27-29,31H,10-17,19-20,22-23H2,(H,43,47)(H,48,49)/t25?,27-,28-,29?/m0/s1. The monoisotopic (exact) mass is 747 g/mol. The summed E-state index contributed by atoms with van der Waals surface area (Å²) in [7, 11) is 0. The lowest BCUT2D eigenvalue weighted by molar-refractivity contribution is -0.144.